The summed E-state index contributed by atoms with van der Waals surface area (Å²) in [6.07, 6.45) is 14.9. The lowest BCUT2D eigenvalue weighted by Gasteiger charge is -1.97. The summed E-state index contributed by atoms with van der Waals surface area (Å²) < 4.78 is 0. The number of unbranched alkanes of at least 4 members (excludes halogenated alkanes) is 1. The summed E-state index contributed by atoms with van der Waals surface area (Å²) in [6, 6.07) is 0. The first kappa shape index (κ1) is 11.2. The van der Waals surface area contributed by atoms with Gasteiger partial charge in [0.2, 0.25) is 0 Å². The van der Waals surface area contributed by atoms with Gasteiger partial charge in [-0.2, -0.15) is 0 Å². The third-order valence-electron chi connectivity index (χ3n) is 2.59. The van der Waals surface area contributed by atoms with Crippen LogP contribution in [0, 0.1) is 5.92 Å². The van der Waals surface area contributed by atoms with Gasteiger partial charge in [0.05, 0.1) is 0 Å². The lowest BCUT2D eigenvalue weighted by molar-refractivity contribution is -0.117. The summed E-state index contributed by atoms with van der Waals surface area (Å²) in [5.74, 6) is 0.975. The monoisotopic (exact) mass is 192 g/mol. The summed E-state index contributed by atoms with van der Waals surface area (Å²) in [6.45, 7) is 2.15. The number of Topliss-reactive ketones (excluding diaryl/α,β-unsaturated/α-hetero) is 1. The Hall–Kier alpha value is -0.850. The SMILES string of the molecule is CC/C=C/CC/C=C/[C@H]1CCC(=O)C1. The number of rotatable bonds is 5. The lowest BCUT2D eigenvalue weighted by atomic mass is 10.1. The van der Waals surface area contributed by atoms with Crippen LogP contribution in [0.5, 0.6) is 0 Å². The summed E-state index contributed by atoms with van der Waals surface area (Å²) in [7, 11) is 0. The quantitative estimate of drug-likeness (QED) is 0.480. The molecule has 0 aromatic rings. The van der Waals surface area contributed by atoms with Crippen LogP contribution in [-0.2, 0) is 4.79 Å². The van der Waals surface area contributed by atoms with Gasteiger partial charge in [0.1, 0.15) is 5.78 Å². The van der Waals surface area contributed by atoms with Gasteiger partial charge < -0.3 is 0 Å². The Bertz CT molecular complexity index is 225. The summed E-state index contributed by atoms with van der Waals surface area (Å²) in [4.78, 5) is 11.0. The minimum atomic E-state index is 0.436. The fourth-order valence-electron chi connectivity index (χ4n) is 1.77. The molecular weight excluding hydrogens is 172 g/mol. The van der Waals surface area contributed by atoms with E-state index in [1.165, 1.54) is 0 Å². The maximum atomic E-state index is 11.0. The number of ketones is 1. The molecule has 1 nitrogen and oxygen atoms in total. The van der Waals surface area contributed by atoms with E-state index in [0.29, 0.717) is 11.7 Å². The van der Waals surface area contributed by atoms with Crippen molar-refractivity contribution in [3.8, 4) is 0 Å². The van der Waals surface area contributed by atoms with Crippen LogP contribution in [0.1, 0.15) is 45.4 Å². The van der Waals surface area contributed by atoms with Crippen molar-refractivity contribution in [1.29, 1.82) is 0 Å². The lowest BCUT2D eigenvalue weighted by Crippen LogP contribution is -1.89. The van der Waals surface area contributed by atoms with Crippen molar-refractivity contribution >= 4 is 5.78 Å². The molecule has 0 saturated heterocycles. The Morgan fingerprint density at radius 2 is 2.07 bits per heavy atom. The van der Waals surface area contributed by atoms with Crippen molar-refractivity contribution < 1.29 is 4.79 Å². The molecule has 0 unspecified atom stereocenters. The molecule has 1 saturated carbocycles. The molecule has 78 valence electrons. The molecule has 0 amide bonds. The highest BCUT2D eigenvalue weighted by Crippen LogP contribution is 2.23. The normalized spacial score (nSPS) is 22.9. The third-order valence-corrected chi connectivity index (χ3v) is 2.59. The van der Waals surface area contributed by atoms with E-state index < -0.39 is 0 Å². The molecule has 1 atom stereocenters. The molecule has 0 bridgehead atoms. The zero-order valence-corrected chi connectivity index (χ0v) is 9.04. The van der Waals surface area contributed by atoms with Crippen LogP contribution in [-0.4, -0.2) is 5.78 Å². The van der Waals surface area contributed by atoms with E-state index in [0.717, 1.165) is 38.5 Å². The van der Waals surface area contributed by atoms with Crippen molar-refractivity contribution in [3.05, 3.63) is 24.3 Å². The third kappa shape index (κ3) is 4.40. The zero-order valence-electron chi connectivity index (χ0n) is 9.04. The second kappa shape index (κ2) is 6.58. The van der Waals surface area contributed by atoms with E-state index in [-0.39, 0.29) is 0 Å². The van der Waals surface area contributed by atoms with E-state index in [2.05, 4.69) is 31.2 Å². The smallest absolute Gasteiger partial charge is 0.133 e. The summed E-state index contributed by atoms with van der Waals surface area (Å²) in [5, 5.41) is 0. The Morgan fingerprint density at radius 3 is 2.71 bits per heavy atom. The largest absolute Gasteiger partial charge is 0.300 e. The summed E-state index contributed by atoms with van der Waals surface area (Å²) >= 11 is 0. The summed E-state index contributed by atoms with van der Waals surface area (Å²) in [5.41, 5.74) is 0. The van der Waals surface area contributed by atoms with Gasteiger partial charge in [0, 0.05) is 12.8 Å². The molecule has 0 aliphatic heterocycles. The molecule has 1 aliphatic rings. The molecule has 1 aliphatic carbocycles. The van der Waals surface area contributed by atoms with Crippen LogP contribution in [0.2, 0.25) is 0 Å². The predicted molar refractivity (Wildman–Crippen MR) is 60.2 cm³/mol. The highest BCUT2D eigenvalue weighted by atomic mass is 16.1. The van der Waals surface area contributed by atoms with Crippen LogP contribution in [0.25, 0.3) is 0 Å². The van der Waals surface area contributed by atoms with Crippen LogP contribution in [0.3, 0.4) is 0 Å². The fraction of sp³-hybridized carbons (Fsp3) is 0.615. The van der Waals surface area contributed by atoms with Crippen LogP contribution in [0.4, 0.5) is 0 Å². The van der Waals surface area contributed by atoms with Gasteiger partial charge in [-0.1, -0.05) is 31.2 Å². The molecule has 0 spiro atoms. The van der Waals surface area contributed by atoms with Crippen molar-refractivity contribution in [2.75, 3.05) is 0 Å². The van der Waals surface area contributed by atoms with Gasteiger partial charge in [0.25, 0.3) is 0 Å². The van der Waals surface area contributed by atoms with Gasteiger partial charge >= 0.3 is 0 Å². The second-order valence-corrected chi connectivity index (χ2v) is 3.93. The Morgan fingerprint density at radius 1 is 1.29 bits per heavy atom. The Kier molecular flexibility index (Phi) is 5.28. The second-order valence-electron chi connectivity index (χ2n) is 3.93. The number of carbonyl (C=O) groups is 1. The minimum Gasteiger partial charge on any atom is -0.300 e. The molecule has 1 rings (SSSR count). The topological polar surface area (TPSA) is 17.1 Å². The molecule has 1 fully saturated rings. The van der Waals surface area contributed by atoms with Gasteiger partial charge in [-0.25, -0.2) is 0 Å². The van der Waals surface area contributed by atoms with Gasteiger partial charge in [-0.05, 0) is 31.6 Å². The standard InChI is InChI=1S/C13H20O/c1-2-3-4-5-6-7-8-12-9-10-13(14)11-12/h3-4,7-8,12H,2,5-6,9-11H2,1H3/b4-3+,8-7+/t12-/m0/s1. The first-order valence-electron chi connectivity index (χ1n) is 5.66. The number of hydrogen-bond acceptors (Lipinski definition) is 1. The Labute approximate surface area is 86.9 Å². The maximum Gasteiger partial charge on any atom is 0.133 e. The van der Waals surface area contributed by atoms with Crippen molar-refractivity contribution in [1.82, 2.24) is 0 Å². The average molecular weight is 192 g/mol. The Balaban J connectivity index is 2.08. The highest BCUT2D eigenvalue weighted by molar-refractivity contribution is 5.80. The van der Waals surface area contributed by atoms with Gasteiger partial charge in [-0.15, -0.1) is 0 Å². The number of allylic oxidation sites excluding steroid dienone is 4. The molecular formula is C13H20O. The predicted octanol–water partition coefficient (Wildman–Crippen LogP) is 3.66. The van der Waals surface area contributed by atoms with Gasteiger partial charge in [0.15, 0.2) is 0 Å². The van der Waals surface area contributed by atoms with E-state index in [4.69, 9.17) is 0 Å². The first-order chi connectivity index (χ1) is 6.83. The van der Waals surface area contributed by atoms with Crippen molar-refractivity contribution in [3.63, 3.8) is 0 Å². The molecule has 0 heterocycles. The highest BCUT2D eigenvalue weighted by Gasteiger charge is 2.18. The number of hydrogen-bond donors (Lipinski definition) is 0. The molecule has 14 heavy (non-hydrogen) atoms. The zero-order chi connectivity index (χ0) is 10.2. The molecule has 1 heteroatoms. The molecule has 0 aromatic heterocycles. The van der Waals surface area contributed by atoms with E-state index in [1.54, 1.807) is 0 Å². The van der Waals surface area contributed by atoms with Crippen molar-refractivity contribution in [2.45, 2.75) is 45.4 Å². The maximum absolute atomic E-state index is 11.0. The van der Waals surface area contributed by atoms with Crippen molar-refractivity contribution in [2.24, 2.45) is 5.92 Å². The van der Waals surface area contributed by atoms with Crippen LogP contribution < -0.4 is 0 Å². The number of carbonyl (C=O) groups excluding carboxylic acids is 1. The van der Waals surface area contributed by atoms with Gasteiger partial charge in [-0.3, -0.25) is 4.79 Å². The molecule has 0 aromatic carbocycles. The van der Waals surface area contributed by atoms with Crippen LogP contribution >= 0.6 is 0 Å². The molecule has 0 N–H and O–H groups in total. The first-order valence-corrected chi connectivity index (χ1v) is 5.66. The van der Waals surface area contributed by atoms with Crippen LogP contribution in [0.15, 0.2) is 24.3 Å². The van der Waals surface area contributed by atoms with E-state index in [1.807, 2.05) is 0 Å². The van der Waals surface area contributed by atoms with E-state index in [9.17, 15) is 4.79 Å². The van der Waals surface area contributed by atoms with E-state index >= 15 is 0 Å². The average Bonchev–Trinajstić information content (AvgIpc) is 2.58. The molecule has 0 radical (unpaired) electrons. The minimum absolute atomic E-state index is 0.436. The fourth-order valence-corrected chi connectivity index (χ4v) is 1.77.